The van der Waals surface area contributed by atoms with Gasteiger partial charge in [0.15, 0.2) is 11.5 Å². The second-order valence-corrected chi connectivity index (χ2v) is 6.70. The van der Waals surface area contributed by atoms with Crippen molar-refractivity contribution in [3.05, 3.63) is 41.5 Å². The van der Waals surface area contributed by atoms with E-state index in [1.807, 2.05) is 4.90 Å². The van der Waals surface area contributed by atoms with Gasteiger partial charge in [0.25, 0.3) is 5.91 Å². The fourth-order valence-corrected chi connectivity index (χ4v) is 3.30. The fraction of sp³-hybridized carbons (Fsp3) is 0.381. The molecule has 0 radical (unpaired) electrons. The molecular weight excluding hydrogens is 417 g/mol. The van der Waals surface area contributed by atoms with Crippen LogP contribution in [0.5, 0.6) is 17.2 Å². The van der Waals surface area contributed by atoms with E-state index in [9.17, 15) is 18.0 Å². The highest BCUT2D eigenvalue weighted by molar-refractivity contribution is 6.06. The third kappa shape index (κ3) is 4.96. The van der Waals surface area contributed by atoms with Crippen LogP contribution in [0.2, 0.25) is 0 Å². The maximum absolute atomic E-state index is 13.3. The molecule has 1 aliphatic rings. The van der Waals surface area contributed by atoms with Gasteiger partial charge in [-0.1, -0.05) is 0 Å². The van der Waals surface area contributed by atoms with Gasteiger partial charge in [0.2, 0.25) is 5.75 Å². The molecule has 1 saturated heterocycles. The normalized spacial score (nSPS) is 14.2. The number of methoxy groups -OCH3 is 3. The minimum atomic E-state index is -4.55. The van der Waals surface area contributed by atoms with E-state index in [0.29, 0.717) is 37.7 Å². The van der Waals surface area contributed by atoms with E-state index in [0.717, 1.165) is 12.1 Å². The number of halogens is 3. The smallest absolute Gasteiger partial charge is 0.416 e. The first-order valence-corrected chi connectivity index (χ1v) is 9.43. The highest BCUT2D eigenvalue weighted by Crippen LogP contribution is 2.39. The quantitative estimate of drug-likeness (QED) is 0.737. The minimum absolute atomic E-state index is 0.0514. The van der Waals surface area contributed by atoms with Crippen LogP contribution >= 0.6 is 0 Å². The zero-order valence-corrected chi connectivity index (χ0v) is 17.3. The summed E-state index contributed by atoms with van der Waals surface area (Å²) in [5.74, 6) is 0.191. The largest absolute Gasteiger partial charge is 0.493 e. The molecule has 1 aliphatic heterocycles. The summed E-state index contributed by atoms with van der Waals surface area (Å²) in [7, 11) is 4.24. The van der Waals surface area contributed by atoms with Crippen molar-refractivity contribution in [1.29, 1.82) is 0 Å². The number of amides is 1. The van der Waals surface area contributed by atoms with Crippen molar-refractivity contribution in [3.63, 3.8) is 0 Å². The van der Waals surface area contributed by atoms with Gasteiger partial charge in [-0.25, -0.2) is 0 Å². The van der Waals surface area contributed by atoms with Gasteiger partial charge < -0.3 is 29.2 Å². The average molecular weight is 440 g/mol. The Kier molecular flexibility index (Phi) is 6.79. The van der Waals surface area contributed by atoms with Gasteiger partial charge in [0, 0.05) is 18.7 Å². The molecule has 0 spiro atoms. The van der Waals surface area contributed by atoms with Crippen molar-refractivity contribution < 1.29 is 36.9 Å². The number of nitrogens with zero attached hydrogens (tertiary/aromatic N) is 1. The molecule has 1 fully saturated rings. The van der Waals surface area contributed by atoms with Crippen LogP contribution in [0.4, 0.5) is 24.5 Å². The zero-order chi connectivity index (χ0) is 22.6. The molecule has 1 N–H and O–H groups in total. The molecule has 10 heteroatoms. The Balaban J connectivity index is 1.99. The van der Waals surface area contributed by atoms with Gasteiger partial charge in [0.1, 0.15) is 0 Å². The zero-order valence-electron chi connectivity index (χ0n) is 17.3. The van der Waals surface area contributed by atoms with Gasteiger partial charge >= 0.3 is 6.18 Å². The van der Waals surface area contributed by atoms with Gasteiger partial charge in [0.05, 0.1) is 51.5 Å². The van der Waals surface area contributed by atoms with Crippen LogP contribution in [0.3, 0.4) is 0 Å². The maximum atomic E-state index is 13.3. The molecule has 0 aromatic heterocycles. The average Bonchev–Trinajstić information content (AvgIpc) is 2.77. The Bertz CT molecular complexity index is 918. The molecule has 31 heavy (non-hydrogen) atoms. The molecule has 1 heterocycles. The Hall–Kier alpha value is -3.14. The van der Waals surface area contributed by atoms with Crippen molar-refractivity contribution in [2.45, 2.75) is 6.18 Å². The number of hydrogen-bond donors (Lipinski definition) is 1. The lowest BCUT2D eigenvalue weighted by atomic mass is 10.1. The SMILES string of the molecule is COc1cc(C(=O)Nc2cc(C(F)(F)F)ccc2N2CCOCC2)cc(OC)c1OC. The van der Waals surface area contributed by atoms with E-state index in [1.54, 1.807) is 0 Å². The highest BCUT2D eigenvalue weighted by atomic mass is 19.4. The first kappa shape index (κ1) is 22.5. The maximum Gasteiger partial charge on any atom is 0.416 e. The van der Waals surface area contributed by atoms with Crippen LogP contribution in [0.25, 0.3) is 0 Å². The number of alkyl halides is 3. The number of morpholine rings is 1. The number of ether oxygens (including phenoxy) is 4. The fourth-order valence-electron chi connectivity index (χ4n) is 3.30. The second-order valence-electron chi connectivity index (χ2n) is 6.70. The van der Waals surface area contributed by atoms with Crippen LogP contribution in [0.15, 0.2) is 30.3 Å². The molecule has 2 aromatic rings. The van der Waals surface area contributed by atoms with Crippen molar-refractivity contribution in [2.24, 2.45) is 0 Å². The lowest BCUT2D eigenvalue weighted by Crippen LogP contribution is -2.36. The van der Waals surface area contributed by atoms with E-state index in [4.69, 9.17) is 18.9 Å². The van der Waals surface area contributed by atoms with Crippen molar-refractivity contribution in [2.75, 3.05) is 57.8 Å². The molecule has 1 amide bonds. The standard InChI is InChI=1S/C21H23F3N2O5/c1-28-17-10-13(11-18(29-2)19(17)30-3)20(27)25-15-12-14(21(22,23)24)4-5-16(15)26-6-8-31-9-7-26/h4-5,10-12H,6-9H2,1-3H3,(H,25,27). The molecule has 0 bridgehead atoms. The van der Waals surface area contributed by atoms with Crippen molar-refractivity contribution in [1.82, 2.24) is 0 Å². The van der Waals surface area contributed by atoms with Crippen LogP contribution in [0.1, 0.15) is 15.9 Å². The van der Waals surface area contributed by atoms with E-state index < -0.39 is 17.6 Å². The Labute approximate surface area is 177 Å². The summed E-state index contributed by atoms with van der Waals surface area (Å²) >= 11 is 0. The number of anilines is 2. The topological polar surface area (TPSA) is 69.3 Å². The monoisotopic (exact) mass is 440 g/mol. The van der Waals surface area contributed by atoms with Crippen LogP contribution in [-0.2, 0) is 10.9 Å². The van der Waals surface area contributed by atoms with Crippen molar-refractivity contribution >= 4 is 17.3 Å². The molecule has 0 aliphatic carbocycles. The summed E-state index contributed by atoms with van der Waals surface area (Å²) in [5.41, 5.74) is -0.183. The summed E-state index contributed by atoms with van der Waals surface area (Å²) in [4.78, 5) is 14.8. The molecule has 0 unspecified atom stereocenters. The molecule has 3 rings (SSSR count). The third-order valence-electron chi connectivity index (χ3n) is 4.85. The Morgan fingerprint density at radius 1 is 1.00 bits per heavy atom. The molecular formula is C21H23F3N2O5. The summed E-state index contributed by atoms with van der Waals surface area (Å²) in [5, 5.41) is 2.60. The number of hydrogen-bond acceptors (Lipinski definition) is 6. The number of carbonyl (C=O) groups excluding carboxylic acids is 1. The lowest BCUT2D eigenvalue weighted by Gasteiger charge is -2.31. The van der Waals surface area contributed by atoms with E-state index >= 15 is 0 Å². The number of benzene rings is 2. The van der Waals surface area contributed by atoms with E-state index in [2.05, 4.69) is 5.32 Å². The second kappa shape index (κ2) is 9.34. The van der Waals surface area contributed by atoms with E-state index in [-0.39, 0.29) is 22.7 Å². The molecule has 0 saturated carbocycles. The van der Waals surface area contributed by atoms with Gasteiger partial charge in [-0.2, -0.15) is 13.2 Å². The predicted molar refractivity (Wildman–Crippen MR) is 109 cm³/mol. The van der Waals surface area contributed by atoms with Gasteiger partial charge in [-0.05, 0) is 30.3 Å². The number of carbonyl (C=O) groups is 1. The third-order valence-corrected chi connectivity index (χ3v) is 4.85. The van der Waals surface area contributed by atoms with Crippen LogP contribution < -0.4 is 24.4 Å². The first-order valence-electron chi connectivity index (χ1n) is 9.43. The van der Waals surface area contributed by atoms with Gasteiger partial charge in [-0.3, -0.25) is 4.79 Å². The number of nitrogens with one attached hydrogen (secondary N) is 1. The predicted octanol–water partition coefficient (Wildman–Crippen LogP) is 3.82. The first-order chi connectivity index (χ1) is 14.8. The van der Waals surface area contributed by atoms with Crippen LogP contribution in [-0.4, -0.2) is 53.5 Å². The summed E-state index contributed by atoms with van der Waals surface area (Å²) in [6.07, 6.45) is -4.55. The van der Waals surface area contributed by atoms with Crippen LogP contribution in [0, 0.1) is 0 Å². The van der Waals surface area contributed by atoms with E-state index in [1.165, 1.54) is 39.5 Å². The summed E-state index contributed by atoms with van der Waals surface area (Å²) < 4.78 is 60.9. The summed E-state index contributed by atoms with van der Waals surface area (Å²) in [6, 6.07) is 6.15. The lowest BCUT2D eigenvalue weighted by molar-refractivity contribution is -0.137. The molecule has 0 atom stereocenters. The molecule has 7 nitrogen and oxygen atoms in total. The molecule has 2 aromatic carbocycles. The summed E-state index contributed by atoms with van der Waals surface area (Å²) in [6.45, 7) is 1.89. The van der Waals surface area contributed by atoms with Crippen molar-refractivity contribution in [3.8, 4) is 17.2 Å². The Morgan fingerprint density at radius 2 is 1.61 bits per heavy atom. The number of rotatable bonds is 6. The Morgan fingerprint density at radius 3 is 2.13 bits per heavy atom. The molecule has 168 valence electrons. The van der Waals surface area contributed by atoms with Gasteiger partial charge in [-0.15, -0.1) is 0 Å². The minimum Gasteiger partial charge on any atom is -0.493 e. The highest BCUT2D eigenvalue weighted by Gasteiger charge is 2.32.